The fourth-order valence-corrected chi connectivity index (χ4v) is 2.19. The van der Waals surface area contributed by atoms with Crippen LogP contribution in [0.1, 0.15) is 45.4 Å². The summed E-state index contributed by atoms with van der Waals surface area (Å²) in [6, 6.07) is 9.27. The minimum Gasteiger partial charge on any atom is -0.459 e. The lowest BCUT2D eigenvalue weighted by Crippen LogP contribution is -2.31. The first kappa shape index (κ1) is 17.1. The Morgan fingerprint density at radius 1 is 1.22 bits per heavy atom. The Kier molecular flexibility index (Phi) is 5.79. The third-order valence-corrected chi connectivity index (χ3v) is 3.54. The molecule has 124 valence electrons. The summed E-state index contributed by atoms with van der Waals surface area (Å²) in [4.78, 5) is 23.4. The predicted octanol–water partition coefficient (Wildman–Crippen LogP) is 3.59. The van der Waals surface area contributed by atoms with Crippen LogP contribution in [-0.2, 0) is 14.3 Å². The van der Waals surface area contributed by atoms with Crippen molar-refractivity contribution in [3.05, 3.63) is 36.1 Å². The predicted molar refractivity (Wildman–Crippen MR) is 87.8 cm³/mol. The van der Waals surface area contributed by atoms with Crippen LogP contribution < -0.4 is 5.32 Å². The lowest BCUT2D eigenvalue weighted by molar-refractivity contribution is -0.149. The molecule has 0 fully saturated rings. The van der Waals surface area contributed by atoms with Gasteiger partial charge in [0.05, 0.1) is 6.04 Å². The van der Waals surface area contributed by atoms with Gasteiger partial charge in [-0.1, -0.05) is 32.0 Å². The Balaban J connectivity index is 1.81. The molecule has 0 aliphatic carbocycles. The number of furan rings is 1. The lowest BCUT2D eigenvalue weighted by Gasteiger charge is -2.11. The number of esters is 1. The quantitative estimate of drug-likeness (QED) is 0.792. The smallest absolute Gasteiger partial charge is 0.306 e. The zero-order chi connectivity index (χ0) is 16.8. The molecule has 2 rings (SSSR count). The minimum atomic E-state index is -0.342. The second-order valence-corrected chi connectivity index (χ2v) is 6.07. The maximum absolute atomic E-state index is 11.9. The number of hydrogen-bond acceptors (Lipinski definition) is 4. The molecule has 0 aliphatic heterocycles. The molecule has 1 N–H and O–H groups in total. The van der Waals surface area contributed by atoms with Crippen LogP contribution in [0.5, 0.6) is 0 Å². The van der Waals surface area contributed by atoms with Gasteiger partial charge >= 0.3 is 5.97 Å². The molecule has 1 heterocycles. The number of carbonyl (C=O) groups is 2. The Hall–Kier alpha value is -2.30. The summed E-state index contributed by atoms with van der Waals surface area (Å²) in [5, 5.41) is 3.76. The van der Waals surface area contributed by atoms with Crippen molar-refractivity contribution < 1.29 is 18.7 Å². The number of amides is 1. The van der Waals surface area contributed by atoms with Crippen LogP contribution in [0.15, 0.2) is 34.7 Å². The molecule has 0 aliphatic rings. The van der Waals surface area contributed by atoms with Gasteiger partial charge in [0.25, 0.3) is 5.91 Å². The van der Waals surface area contributed by atoms with Gasteiger partial charge < -0.3 is 14.5 Å². The van der Waals surface area contributed by atoms with E-state index in [9.17, 15) is 9.59 Å². The van der Waals surface area contributed by atoms with Crippen LogP contribution in [0.25, 0.3) is 11.0 Å². The van der Waals surface area contributed by atoms with E-state index < -0.39 is 0 Å². The summed E-state index contributed by atoms with van der Waals surface area (Å²) in [5.41, 5.74) is 0.781. The Morgan fingerprint density at radius 2 is 1.96 bits per heavy atom. The highest BCUT2D eigenvalue weighted by atomic mass is 16.5. The topological polar surface area (TPSA) is 68.5 Å². The Bertz CT molecular complexity index is 641. The van der Waals surface area contributed by atoms with E-state index in [4.69, 9.17) is 9.15 Å². The van der Waals surface area contributed by atoms with E-state index in [0.29, 0.717) is 18.1 Å². The molecule has 5 heteroatoms. The molecule has 5 nitrogen and oxygen atoms in total. The number of rotatable bonds is 7. The SMILES string of the molecule is CC(C)CCC(=O)OCC(=O)N[C@@H](C)c1cc2ccccc2o1. The van der Waals surface area contributed by atoms with Gasteiger partial charge in [0.2, 0.25) is 0 Å². The van der Waals surface area contributed by atoms with Gasteiger partial charge in [-0.3, -0.25) is 9.59 Å². The number of ether oxygens (including phenoxy) is 1. The highest BCUT2D eigenvalue weighted by molar-refractivity contribution is 5.81. The van der Waals surface area contributed by atoms with Crippen LogP contribution in [0.4, 0.5) is 0 Å². The van der Waals surface area contributed by atoms with E-state index in [1.165, 1.54) is 0 Å². The number of benzene rings is 1. The standard InChI is InChI=1S/C18H23NO4/c1-12(2)8-9-18(21)22-11-17(20)19-13(3)16-10-14-6-4-5-7-15(14)23-16/h4-7,10,12-13H,8-9,11H2,1-3H3,(H,19,20)/t13-/m0/s1. The third kappa shape index (κ3) is 5.13. The molecule has 1 aromatic heterocycles. The van der Waals surface area contributed by atoms with Crippen molar-refractivity contribution >= 4 is 22.8 Å². The molecule has 1 aromatic carbocycles. The fourth-order valence-electron chi connectivity index (χ4n) is 2.19. The molecule has 1 atom stereocenters. The van der Waals surface area contributed by atoms with Crippen molar-refractivity contribution in [3.63, 3.8) is 0 Å². The van der Waals surface area contributed by atoms with Crippen molar-refractivity contribution in [1.82, 2.24) is 5.32 Å². The van der Waals surface area contributed by atoms with Crippen LogP contribution in [0.3, 0.4) is 0 Å². The summed E-state index contributed by atoms with van der Waals surface area (Å²) in [5.74, 6) is 0.427. The molecule has 0 radical (unpaired) electrons. The van der Waals surface area contributed by atoms with Crippen LogP contribution in [0, 0.1) is 5.92 Å². The molecule has 0 bridgehead atoms. The number of carbonyl (C=O) groups excluding carboxylic acids is 2. The van der Waals surface area contributed by atoms with Crippen molar-refractivity contribution in [1.29, 1.82) is 0 Å². The second kappa shape index (κ2) is 7.81. The average molecular weight is 317 g/mol. The highest BCUT2D eigenvalue weighted by Gasteiger charge is 2.15. The Labute approximate surface area is 136 Å². The van der Waals surface area contributed by atoms with Gasteiger partial charge in [0.1, 0.15) is 11.3 Å². The zero-order valence-corrected chi connectivity index (χ0v) is 13.8. The third-order valence-electron chi connectivity index (χ3n) is 3.54. The van der Waals surface area contributed by atoms with E-state index in [0.717, 1.165) is 17.4 Å². The monoisotopic (exact) mass is 317 g/mol. The highest BCUT2D eigenvalue weighted by Crippen LogP contribution is 2.23. The molecule has 23 heavy (non-hydrogen) atoms. The van der Waals surface area contributed by atoms with E-state index in [-0.39, 0.29) is 24.5 Å². The maximum Gasteiger partial charge on any atom is 0.306 e. The number of nitrogens with one attached hydrogen (secondary N) is 1. The van der Waals surface area contributed by atoms with Crippen LogP contribution >= 0.6 is 0 Å². The summed E-state index contributed by atoms with van der Waals surface area (Å²) in [7, 11) is 0. The van der Waals surface area contributed by atoms with E-state index >= 15 is 0 Å². The van der Waals surface area contributed by atoms with E-state index in [1.807, 2.05) is 51.1 Å². The first-order chi connectivity index (χ1) is 11.0. The maximum atomic E-state index is 11.9. The van der Waals surface area contributed by atoms with Crippen molar-refractivity contribution in [2.24, 2.45) is 5.92 Å². The van der Waals surface area contributed by atoms with Crippen LogP contribution in [-0.4, -0.2) is 18.5 Å². The number of hydrogen-bond donors (Lipinski definition) is 1. The first-order valence-corrected chi connectivity index (χ1v) is 7.89. The lowest BCUT2D eigenvalue weighted by atomic mass is 10.1. The normalized spacial score (nSPS) is 12.3. The van der Waals surface area contributed by atoms with Gasteiger partial charge in [-0.15, -0.1) is 0 Å². The van der Waals surface area contributed by atoms with Crippen LogP contribution in [0.2, 0.25) is 0 Å². The Morgan fingerprint density at radius 3 is 2.65 bits per heavy atom. The van der Waals surface area contributed by atoms with Gasteiger partial charge in [0, 0.05) is 11.8 Å². The first-order valence-electron chi connectivity index (χ1n) is 7.89. The number of para-hydroxylation sites is 1. The molecular formula is C18H23NO4. The van der Waals surface area contributed by atoms with Gasteiger partial charge in [-0.2, -0.15) is 0 Å². The molecule has 0 unspecified atom stereocenters. The summed E-state index contributed by atoms with van der Waals surface area (Å²) >= 11 is 0. The molecule has 0 saturated heterocycles. The molecule has 1 amide bonds. The van der Waals surface area contributed by atoms with Gasteiger partial charge in [0.15, 0.2) is 6.61 Å². The number of fused-ring (bicyclic) bond motifs is 1. The van der Waals surface area contributed by atoms with Crippen molar-refractivity contribution in [2.45, 2.75) is 39.7 Å². The van der Waals surface area contributed by atoms with Gasteiger partial charge in [-0.25, -0.2) is 0 Å². The summed E-state index contributed by atoms with van der Waals surface area (Å²) in [6.07, 6.45) is 1.10. The van der Waals surface area contributed by atoms with Gasteiger partial charge in [-0.05, 0) is 31.4 Å². The largest absolute Gasteiger partial charge is 0.459 e. The summed E-state index contributed by atoms with van der Waals surface area (Å²) < 4.78 is 10.7. The van der Waals surface area contributed by atoms with Crippen molar-refractivity contribution in [2.75, 3.05) is 6.61 Å². The fraction of sp³-hybridized carbons (Fsp3) is 0.444. The van der Waals surface area contributed by atoms with E-state index in [2.05, 4.69) is 5.32 Å². The molecule has 0 saturated carbocycles. The van der Waals surface area contributed by atoms with E-state index in [1.54, 1.807) is 0 Å². The molecule has 0 spiro atoms. The van der Waals surface area contributed by atoms with Crippen molar-refractivity contribution in [3.8, 4) is 0 Å². The molecule has 2 aromatic rings. The summed E-state index contributed by atoms with van der Waals surface area (Å²) in [6.45, 7) is 5.64. The molecular weight excluding hydrogens is 294 g/mol. The average Bonchev–Trinajstić information content (AvgIpc) is 2.95. The zero-order valence-electron chi connectivity index (χ0n) is 13.8. The minimum absolute atomic E-state index is 0.262. The second-order valence-electron chi connectivity index (χ2n) is 6.07.